The molecule has 6 heteroatoms. The molecule has 0 aliphatic carbocycles. The van der Waals surface area contributed by atoms with Crippen LogP contribution < -0.4 is 10.1 Å². The summed E-state index contributed by atoms with van der Waals surface area (Å²) in [5.74, 6) is 0.607. The molecule has 0 aliphatic rings. The van der Waals surface area contributed by atoms with Crippen molar-refractivity contribution in [2.75, 3.05) is 13.2 Å². The molecule has 0 fully saturated rings. The van der Waals surface area contributed by atoms with Gasteiger partial charge in [-0.1, -0.05) is 20.8 Å². The average Bonchev–Trinajstić information content (AvgIpc) is 2.42. The van der Waals surface area contributed by atoms with Crippen molar-refractivity contribution < 1.29 is 14.8 Å². The van der Waals surface area contributed by atoms with Gasteiger partial charge in [0.05, 0.1) is 10.5 Å². The van der Waals surface area contributed by atoms with Crippen molar-refractivity contribution in [2.45, 2.75) is 39.8 Å². The highest BCUT2D eigenvalue weighted by molar-refractivity contribution is 5.43. The van der Waals surface area contributed by atoms with Crippen LogP contribution in [0.25, 0.3) is 0 Å². The molecule has 0 aliphatic heterocycles. The van der Waals surface area contributed by atoms with E-state index in [1.165, 1.54) is 12.1 Å². The van der Waals surface area contributed by atoms with E-state index in [4.69, 9.17) is 4.74 Å². The molecule has 21 heavy (non-hydrogen) atoms. The smallest absolute Gasteiger partial charge is 0.270 e. The molecular formula is C15H24N2O4. The van der Waals surface area contributed by atoms with Crippen LogP contribution in [0.3, 0.4) is 0 Å². The molecule has 6 nitrogen and oxygen atoms in total. The third-order valence-corrected chi connectivity index (χ3v) is 3.58. The number of aliphatic hydroxyl groups is 1. The summed E-state index contributed by atoms with van der Waals surface area (Å²) in [6, 6.07) is 4.50. The van der Waals surface area contributed by atoms with Gasteiger partial charge in [-0.05, 0) is 25.5 Å². The Labute approximate surface area is 125 Å². The summed E-state index contributed by atoms with van der Waals surface area (Å²) >= 11 is 0. The Hall–Kier alpha value is -1.66. The standard InChI is InChI=1S/C15H24N2O4/c1-5-16-9-12-8-13(17(19)20)6-7-14(12)21-10-15(4,18)11(2)3/h6-8,11,16,18H,5,9-10H2,1-4H3. The summed E-state index contributed by atoms with van der Waals surface area (Å²) in [5.41, 5.74) is -0.200. The first-order chi connectivity index (χ1) is 9.77. The van der Waals surface area contributed by atoms with Crippen LogP contribution in [0.4, 0.5) is 5.69 Å². The SMILES string of the molecule is CCNCc1cc([N+](=O)[O-])ccc1OCC(C)(O)C(C)C. The second kappa shape index (κ2) is 7.38. The molecule has 2 N–H and O–H groups in total. The van der Waals surface area contributed by atoms with Crippen LogP contribution >= 0.6 is 0 Å². The number of nitrogens with zero attached hydrogens (tertiary/aromatic N) is 1. The van der Waals surface area contributed by atoms with Crippen LogP contribution in [0, 0.1) is 16.0 Å². The Balaban J connectivity index is 2.92. The number of rotatable bonds is 8. The van der Waals surface area contributed by atoms with Crippen molar-refractivity contribution in [3.05, 3.63) is 33.9 Å². The van der Waals surface area contributed by atoms with E-state index < -0.39 is 10.5 Å². The highest BCUT2D eigenvalue weighted by atomic mass is 16.6. The van der Waals surface area contributed by atoms with Crippen LogP contribution in [0.5, 0.6) is 5.75 Å². The number of hydrogen-bond donors (Lipinski definition) is 2. The van der Waals surface area contributed by atoms with Crippen LogP contribution in [0.15, 0.2) is 18.2 Å². The van der Waals surface area contributed by atoms with Crippen LogP contribution in [0.1, 0.15) is 33.3 Å². The maximum atomic E-state index is 10.8. The molecular weight excluding hydrogens is 272 g/mol. The summed E-state index contributed by atoms with van der Waals surface area (Å²) < 4.78 is 5.68. The molecule has 0 saturated carbocycles. The zero-order chi connectivity index (χ0) is 16.0. The maximum Gasteiger partial charge on any atom is 0.270 e. The first-order valence-corrected chi connectivity index (χ1v) is 7.11. The van der Waals surface area contributed by atoms with Gasteiger partial charge in [0.25, 0.3) is 5.69 Å². The zero-order valence-electron chi connectivity index (χ0n) is 13.0. The van der Waals surface area contributed by atoms with Crippen molar-refractivity contribution in [2.24, 2.45) is 5.92 Å². The van der Waals surface area contributed by atoms with Crippen molar-refractivity contribution in [3.8, 4) is 5.75 Å². The molecule has 0 spiro atoms. The Morgan fingerprint density at radius 2 is 2.14 bits per heavy atom. The van der Waals surface area contributed by atoms with Gasteiger partial charge in [-0.3, -0.25) is 10.1 Å². The quantitative estimate of drug-likeness (QED) is 0.568. The number of nitro groups is 1. The Morgan fingerprint density at radius 1 is 1.48 bits per heavy atom. The zero-order valence-corrected chi connectivity index (χ0v) is 13.0. The third kappa shape index (κ3) is 4.99. The normalized spacial score (nSPS) is 14.0. The summed E-state index contributed by atoms with van der Waals surface area (Å²) in [6.45, 7) is 8.89. The first kappa shape index (κ1) is 17.4. The Bertz CT molecular complexity index is 487. The van der Waals surface area contributed by atoms with Gasteiger partial charge < -0.3 is 15.2 Å². The van der Waals surface area contributed by atoms with Gasteiger partial charge in [0.2, 0.25) is 0 Å². The topological polar surface area (TPSA) is 84.6 Å². The summed E-state index contributed by atoms with van der Waals surface area (Å²) in [5, 5.41) is 24.2. The molecule has 0 heterocycles. The summed E-state index contributed by atoms with van der Waals surface area (Å²) in [7, 11) is 0. The van der Waals surface area contributed by atoms with Crippen molar-refractivity contribution >= 4 is 5.69 Å². The number of nitrogens with one attached hydrogen (secondary N) is 1. The highest BCUT2D eigenvalue weighted by Gasteiger charge is 2.26. The van der Waals surface area contributed by atoms with E-state index in [2.05, 4.69) is 5.32 Å². The number of nitro benzene ring substituents is 1. The van der Waals surface area contributed by atoms with E-state index >= 15 is 0 Å². The molecule has 0 saturated heterocycles. The van der Waals surface area contributed by atoms with Gasteiger partial charge in [0.1, 0.15) is 12.4 Å². The second-order valence-electron chi connectivity index (χ2n) is 5.63. The number of benzene rings is 1. The van der Waals surface area contributed by atoms with Gasteiger partial charge in [0.15, 0.2) is 0 Å². The lowest BCUT2D eigenvalue weighted by molar-refractivity contribution is -0.384. The van der Waals surface area contributed by atoms with Crippen LogP contribution in [-0.2, 0) is 6.54 Å². The van der Waals surface area contributed by atoms with Crippen molar-refractivity contribution in [1.29, 1.82) is 0 Å². The number of ether oxygens (including phenoxy) is 1. The fourth-order valence-electron chi connectivity index (χ4n) is 1.61. The molecule has 1 unspecified atom stereocenters. The largest absolute Gasteiger partial charge is 0.490 e. The molecule has 1 rings (SSSR count). The fourth-order valence-corrected chi connectivity index (χ4v) is 1.61. The molecule has 0 radical (unpaired) electrons. The highest BCUT2D eigenvalue weighted by Crippen LogP contribution is 2.26. The molecule has 1 aromatic carbocycles. The molecule has 0 amide bonds. The number of non-ortho nitro benzene ring substituents is 1. The Morgan fingerprint density at radius 3 is 2.67 bits per heavy atom. The lowest BCUT2D eigenvalue weighted by Crippen LogP contribution is -2.38. The molecule has 118 valence electrons. The first-order valence-electron chi connectivity index (χ1n) is 7.11. The Kier molecular flexibility index (Phi) is 6.11. The maximum absolute atomic E-state index is 10.8. The van der Waals surface area contributed by atoms with Crippen molar-refractivity contribution in [1.82, 2.24) is 5.32 Å². The minimum atomic E-state index is -0.947. The predicted octanol–water partition coefficient (Wildman–Crippen LogP) is 2.49. The van der Waals surface area contributed by atoms with Gasteiger partial charge in [-0.25, -0.2) is 0 Å². The average molecular weight is 296 g/mol. The fraction of sp³-hybridized carbons (Fsp3) is 0.600. The van der Waals surface area contributed by atoms with Gasteiger partial charge >= 0.3 is 0 Å². The molecule has 1 aromatic rings. The minimum Gasteiger partial charge on any atom is -0.490 e. The van der Waals surface area contributed by atoms with Crippen molar-refractivity contribution in [3.63, 3.8) is 0 Å². The molecule has 0 aromatic heterocycles. The monoisotopic (exact) mass is 296 g/mol. The van der Waals surface area contributed by atoms with E-state index in [-0.39, 0.29) is 18.2 Å². The number of hydrogen-bond acceptors (Lipinski definition) is 5. The van der Waals surface area contributed by atoms with Gasteiger partial charge in [-0.15, -0.1) is 0 Å². The third-order valence-electron chi connectivity index (χ3n) is 3.58. The van der Waals surface area contributed by atoms with Crippen LogP contribution in [-0.4, -0.2) is 28.8 Å². The summed E-state index contributed by atoms with van der Waals surface area (Å²) in [6.07, 6.45) is 0. The molecule has 0 bridgehead atoms. The van der Waals surface area contributed by atoms with E-state index in [9.17, 15) is 15.2 Å². The van der Waals surface area contributed by atoms with Crippen LogP contribution in [0.2, 0.25) is 0 Å². The minimum absolute atomic E-state index is 0.0332. The van der Waals surface area contributed by atoms with Gasteiger partial charge in [0, 0.05) is 24.2 Å². The van der Waals surface area contributed by atoms with E-state index in [0.717, 1.165) is 6.54 Å². The predicted molar refractivity (Wildman–Crippen MR) is 81.4 cm³/mol. The van der Waals surface area contributed by atoms with E-state index in [1.807, 2.05) is 20.8 Å². The second-order valence-corrected chi connectivity index (χ2v) is 5.63. The van der Waals surface area contributed by atoms with Gasteiger partial charge in [-0.2, -0.15) is 0 Å². The lowest BCUT2D eigenvalue weighted by Gasteiger charge is -2.28. The lowest BCUT2D eigenvalue weighted by atomic mass is 9.94. The van der Waals surface area contributed by atoms with E-state index in [0.29, 0.717) is 17.9 Å². The van der Waals surface area contributed by atoms with E-state index in [1.54, 1.807) is 13.0 Å². The molecule has 1 atom stereocenters. The summed E-state index contributed by atoms with van der Waals surface area (Å²) in [4.78, 5) is 10.4.